The maximum Gasteiger partial charge on any atom is 0.125 e. The third kappa shape index (κ3) is 1.67. The molecule has 82 valence electrons. The van der Waals surface area contributed by atoms with Crippen LogP contribution in [0.25, 0.3) is 0 Å². The van der Waals surface area contributed by atoms with Gasteiger partial charge in [0.1, 0.15) is 11.5 Å². The molecule has 1 aliphatic rings. The monoisotopic (exact) mass is 208 g/mol. The SMILES string of the molecule is COc1cc(C2(O)CC2)cc(OC)c1C. The number of hydrogen-bond donors (Lipinski definition) is 1. The zero-order chi connectivity index (χ0) is 11.1. The van der Waals surface area contributed by atoms with Crippen molar-refractivity contribution in [3.05, 3.63) is 23.3 Å². The Labute approximate surface area is 89.6 Å². The summed E-state index contributed by atoms with van der Waals surface area (Å²) < 4.78 is 10.5. The summed E-state index contributed by atoms with van der Waals surface area (Å²) in [6, 6.07) is 3.79. The van der Waals surface area contributed by atoms with Crippen molar-refractivity contribution in [1.82, 2.24) is 0 Å². The number of rotatable bonds is 3. The molecule has 0 bridgehead atoms. The van der Waals surface area contributed by atoms with E-state index < -0.39 is 5.60 Å². The molecule has 1 aromatic rings. The average molecular weight is 208 g/mol. The average Bonchev–Trinajstić information content (AvgIpc) is 2.98. The van der Waals surface area contributed by atoms with Crippen LogP contribution >= 0.6 is 0 Å². The first-order valence-electron chi connectivity index (χ1n) is 5.06. The molecule has 3 nitrogen and oxygen atoms in total. The topological polar surface area (TPSA) is 38.7 Å². The minimum atomic E-state index is -0.645. The molecule has 1 aliphatic carbocycles. The smallest absolute Gasteiger partial charge is 0.125 e. The van der Waals surface area contributed by atoms with E-state index in [0.29, 0.717) is 0 Å². The van der Waals surface area contributed by atoms with Crippen LogP contribution in [0.1, 0.15) is 24.0 Å². The Hall–Kier alpha value is -1.22. The highest BCUT2D eigenvalue weighted by atomic mass is 16.5. The minimum absolute atomic E-state index is 0.645. The molecule has 0 heterocycles. The Morgan fingerprint density at radius 2 is 1.60 bits per heavy atom. The Bertz CT molecular complexity index is 355. The van der Waals surface area contributed by atoms with Gasteiger partial charge in [-0.2, -0.15) is 0 Å². The summed E-state index contributed by atoms with van der Waals surface area (Å²) >= 11 is 0. The van der Waals surface area contributed by atoms with Gasteiger partial charge in [0.25, 0.3) is 0 Å². The number of benzene rings is 1. The molecular weight excluding hydrogens is 192 g/mol. The lowest BCUT2D eigenvalue weighted by Crippen LogP contribution is -2.06. The van der Waals surface area contributed by atoms with E-state index in [2.05, 4.69) is 0 Å². The van der Waals surface area contributed by atoms with Gasteiger partial charge in [0.05, 0.1) is 19.8 Å². The first-order chi connectivity index (χ1) is 7.10. The second-order valence-corrected chi connectivity index (χ2v) is 4.04. The van der Waals surface area contributed by atoms with Crippen molar-refractivity contribution >= 4 is 0 Å². The van der Waals surface area contributed by atoms with E-state index >= 15 is 0 Å². The fraction of sp³-hybridized carbons (Fsp3) is 0.500. The number of ether oxygens (including phenoxy) is 2. The van der Waals surface area contributed by atoms with Crippen LogP contribution in [0.4, 0.5) is 0 Å². The van der Waals surface area contributed by atoms with Gasteiger partial charge in [-0.05, 0) is 37.5 Å². The molecule has 0 spiro atoms. The number of aliphatic hydroxyl groups is 1. The van der Waals surface area contributed by atoms with Crippen LogP contribution in [-0.4, -0.2) is 19.3 Å². The van der Waals surface area contributed by atoms with Crippen LogP contribution in [-0.2, 0) is 5.60 Å². The third-order valence-corrected chi connectivity index (χ3v) is 3.01. The molecule has 0 unspecified atom stereocenters. The fourth-order valence-electron chi connectivity index (χ4n) is 1.76. The van der Waals surface area contributed by atoms with Gasteiger partial charge in [-0.1, -0.05) is 0 Å². The molecule has 1 saturated carbocycles. The highest BCUT2D eigenvalue weighted by Crippen LogP contribution is 2.47. The van der Waals surface area contributed by atoms with Crippen LogP contribution in [0.5, 0.6) is 11.5 Å². The van der Waals surface area contributed by atoms with E-state index in [-0.39, 0.29) is 0 Å². The number of hydrogen-bond acceptors (Lipinski definition) is 3. The van der Waals surface area contributed by atoms with Gasteiger partial charge in [0.2, 0.25) is 0 Å². The molecule has 0 amide bonds. The Balaban J connectivity index is 2.49. The first-order valence-corrected chi connectivity index (χ1v) is 5.06. The molecule has 0 aromatic heterocycles. The van der Waals surface area contributed by atoms with Crippen molar-refractivity contribution in [3.8, 4) is 11.5 Å². The van der Waals surface area contributed by atoms with Crippen molar-refractivity contribution in [1.29, 1.82) is 0 Å². The first kappa shape index (κ1) is 10.3. The predicted octanol–water partition coefficient (Wildman–Crippen LogP) is 1.99. The summed E-state index contributed by atoms with van der Waals surface area (Å²) in [7, 11) is 3.25. The van der Waals surface area contributed by atoms with Crippen LogP contribution < -0.4 is 9.47 Å². The van der Waals surface area contributed by atoms with Gasteiger partial charge < -0.3 is 14.6 Å². The molecular formula is C12H16O3. The molecule has 2 rings (SSSR count). The Kier molecular flexibility index (Phi) is 2.35. The van der Waals surface area contributed by atoms with Gasteiger partial charge in [0, 0.05) is 5.56 Å². The summed E-state index contributed by atoms with van der Waals surface area (Å²) in [4.78, 5) is 0. The highest BCUT2D eigenvalue weighted by Gasteiger charge is 2.42. The second-order valence-electron chi connectivity index (χ2n) is 4.04. The third-order valence-electron chi connectivity index (χ3n) is 3.01. The van der Waals surface area contributed by atoms with Crippen LogP contribution in [0.2, 0.25) is 0 Å². The number of methoxy groups -OCH3 is 2. The summed E-state index contributed by atoms with van der Waals surface area (Å²) in [6.45, 7) is 1.94. The van der Waals surface area contributed by atoms with Crippen molar-refractivity contribution in [2.24, 2.45) is 0 Å². The maximum absolute atomic E-state index is 10.0. The van der Waals surface area contributed by atoms with E-state index in [1.165, 1.54) is 0 Å². The molecule has 0 aliphatic heterocycles. The standard InChI is InChI=1S/C12H16O3/c1-8-10(14-2)6-9(7-11(8)15-3)12(13)4-5-12/h6-7,13H,4-5H2,1-3H3. The van der Waals surface area contributed by atoms with Crippen molar-refractivity contribution in [2.45, 2.75) is 25.4 Å². The molecule has 1 aromatic carbocycles. The van der Waals surface area contributed by atoms with Gasteiger partial charge in [0.15, 0.2) is 0 Å². The normalized spacial score (nSPS) is 17.3. The maximum atomic E-state index is 10.0. The molecule has 1 N–H and O–H groups in total. The van der Waals surface area contributed by atoms with Gasteiger partial charge in [-0.15, -0.1) is 0 Å². The zero-order valence-corrected chi connectivity index (χ0v) is 9.33. The van der Waals surface area contributed by atoms with Crippen molar-refractivity contribution < 1.29 is 14.6 Å². The van der Waals surface area contributed by atoms with Crippen molar-refractivity contribution in [3.63, 3.8) is 0 Å². The van der Waals surface area contributed by atoms with Crippen LogP contribution in [0.15, 0.2) is 12.1 Å². The van der Waals surface area contributed by atoms with E-state index in [9.17, 15) is 5.11 Å². The zero-order valence-electron chi connectivity index (χ0n) is 9.33. The van der Waals surface area contributed by atoms with E-state index in [0.717, 1.165) is 35.5 Å². The molecule has 15 heavy (non-hydrogen) atoms. The molecule has 0 radical (unpaired) electrons. The molecule has 0 saturated heterocycles. The molecule has 0 atom stereocenters. The second kappa shape index (κ2) is 3.42. The molecule has 3 heteroatoms. The highest BCUT2D eigenvalue weighted by molar-refractivity contribution is 5.49. The largest absolute Gasteiger partial charge is 0.496 e. The Morgan fingerprint density at radius 1 is 1.13 bits per heavy atom. The lowest BCUT2D eigenvalue weighted by molar-refractivity contribution is 0.150. The predicted molar refractivity (Wildman–Crippen MR) is 57.4 cm³/mol. The van der Waals surface area contributed by atoms with E-state index in [1.54, 1.807) is 14.2 Å². The van der Waals surface area contributed by atoms with Crippen LogP contribution in [0.3, 0.4) is 0 Å². The van der Waals surface area contributed by atoms with Gasteiger partial charge in [-0.25, -0.2) is 0 Å². The summed E-state index contributed by atoms with van der Waals surface area (Å²) in [5, 5.41) is 10.0. The van der Waals surface area contributed by atoms with E-state index in [1.807, 2.05) is 19.1 Å². The molecule has 1 fully saturated rings. The quantitative estimate of drug-likeness (QED) is 0.825. The van der Waals surface area contributed by atoms with E-state index in [4.69, 9.17) is 9.47 Å². The lowest BCUT2D eigenvalue weighted by Gasteiger charge is -2.15. The summed E-state index contributed by atoms with van der Waals surface area (Å²) in [5.41, 5.74) is 1.21. The summed E-state index contributed by atoms with van der Waals surface area (Å²) in [5.74, 6) is 1.54. The van der Waals surface area contributed by atoms with Gasteiger partial charge >= 0.3 is 0 Å². The van der Waals surface area contributed by atoms with Crippen LogP contribution in [0, 0.1) is 6.92 Å². The van der Waals surface area contributed by atoms with Crippen molar-refractivity contribution in [2.75, 3.05) is 14.2 Å². The summed E-state index contributed by atoms with van der Waals surface area (Å²) in [6.07, 6.45) is 1.64. The minimum Gasteiger partial charge on any atom is -0.496 e. The lowest BCUT2D eigenvalue weighted by atomic mass is 10.0. The Morgan fingerprint density at radius 3 is 1.93 bits per heavy atom. The van der Waals surface area contributed by atoms with Gasteiger partial charge in [-0.3, -0.25) is 0 Å². The fourth-order valence-corrected chi connectivity index (χ4v) is 1.76.